The fourth-order valence-corrected chi connectivity index (χ4v) is 3.45. The van der Waals surface area contributed by atoms with Gasteiger partial charge in [0.05, 0.1) is 30.6 Å². The number of amides is 1. The number of rotatable bonds is 4. The molecule has 1 N–H and O–H groups in total. The molecule has 0 unspecified atom stereocenters. The first-order valence-corrected chi connectivity index (χ1v) is 9.02. The molecule has 0 saturated carbocycles. The Balaban J connectivity index is 1.93. The van der Waals surface area contributed by atoms with Gasteiger partial charge in [-0.3, -0.25) is 19.5 Å². The topological polar surface area (TPSA) is 79.7 Å². The van der Waals surface area contributed by atoms with Gasteiger partial charge >= 0.3 is 0 Å². The first kappa shape index (κ1) is 18.4. The van der Waals surface area contributed by atoms with Crippen molar-refractivity contribution in [3.63, 3.8) is 0 Å². The molecule has 1 aromatic heterocycles. The first-order chi connectivity index (χ1) is 14.1. The quantitative estimate of drug-likeness (QED) is 0.420. The van der Waals surface area contributed by atoms with Crippen LogP contribution in [0.15, 0.2) is 84.7 Å². The van der Waals surface area contributed by atoms with Crippen LogP contribution in [0.2, 0.25) is 0 Å². The van der Waals surface area contributed by atoms with Gasteiger partial charge in [0.25, 0.3) is 11.7 Å². The third-order valence-electron chi connectivity index (χ3n) is 4.85. The Hall–Kier alpha value is -3.93. The molecule has 1 aliphatic rings. The van der Waals surface area contributed by atoms with E-state index in [1.807, 2.05) is 6.07 Å². The maximum atomic E-state index is 13.0. The molecule has 1 fully saturated rings. The molecule has 2 aromatic carbocycles. The zero-order valence-corrected chi connectivity index (χ0v) is 15.6. The molecule has 2 heterocycles. The van der Waals surface area contributed by atoms with Gasteiger partial charge in [0.15, 0.2) is 0 Å². The monoisotopic (exact) mass is 386 g/mol. The predicted molar refractivity (Wildman–Crippen MR) is 108 cm³/mol. The van der Waals surface area contributed by atoms with Gasteiger partial charge in [-0.1, -0.05) is 42.5 Å². The summed E-state index contributed by atoms with van der Waals surface area (Å²) in [5, 5.41) is 10.9. The first-order valence-electron chi connectivity index (χ1n) is 9.02. The number of benzene rings is 2. The van der Waals surface area contributed by atoms with E-state index in [1.165, 1.54) is 11.1 Å². The molecule has 4 rings (SSSR count). The molecule has 0 aliphatic carbocycles. The lowest BCUT2D eigenvalue weighted by atomic mass is 9.95. The summed E-state index contributed by atoms with van der Waals surface area (Å²) < 4.78 is 5.21. The highest BCUT2D eigenvalue weighted by Crippen LogP contribution is 2.42. The molecule has 6 nitrogen and oxygen atoms in total. The van der Waals surface area contributed by atoms with Crippen LogP contribution in [0.4, 0.5) is 5.69 Å². The van der Waals surface area contributed by atoms with E-state index < -0.39 is 17.7 Å². The van der Waals surface area contributed by atoms with E-state index in [-0.39, 0.29) is 11.3 Å². The number of hydrogen-bond acceptors (Lipinski definition) is 5. The second-order valence-electron chi connectivity index (χ2n) is 6.52. The molecular weight excluding hydrogens is 368 g/mol. The molecular formula is C23H18N2O4. The van der Waals surface area contributed by atoms with E-state index in [4.69, 9.17) is 4.74 Å². The summed E-state index contributed by atoms with van der Waals surface area (Å²) in [5.41, 5.74) is 1.65. The number of methoxy groups -OCH3 is 1. The van der Waals surface area contributed by atoms with Gasteiger partial charge in [0.2, 0.25) is 0 Å². The Labute approximate surface area is 167 Å². The minimum atomic E-state index is -0.787. The third-order valence-corrected chi connectivity index (χ3v) is 4.85. The Kier molecular flexibility index (Phi) is 4.83. The largest absolute Gasteiger partial charge is 0.507 e. The summed E-state index contributed by atoms with van der Waals surface area (Å²) >= 11 is 0. The fourth-order valence-electron chi connectivity index (χ4n) is 3.45. The highest BCUT2D eigenvalue weighted by atomic mass is 16.5. The number of ether oxygens (including phenoxy) is 1. The summed E-state index contributed by atoms with van der Waals surface area (Å²) in [7, 11) is 1.56. The van der Waals surface area contributed by atoms with Crippen LogP contribution >= 0.6 is 0 Å². The van der Waals surface area contributed by atoms with Gasteiger partial charge in [-0.05, 0) is 29.8 Å². The number of carbonyl (C=O) groups excluding carboxylic acids is 2. The van der Waals surface area contributed by atoms with Crippen molar-refractivity contribution in [1.82, 2.24) is 4.98 Å². The molecule has 3 aromatic rings. The van der Waals surface area contributed by atoms with Crippen molar-refractivity contribution in [3.05, 3.63) is 95.8 Å². The van der Waals surface area contributed by atoms with E-state index in [2.05, 4.69) is 4.98 Å². The molecule has 0 bridgehead atoms. The smallest absolute Gasteiger partial charge is 0.300 e. The predicted octanol–water partition coefficient (Wildman–Crippen LogP) is 3.72. The van der Waals surface area contributed by atoms with Gasteiger partial charge < -0.3 is 9.84 Å². The highest BCUT2D eigenvalue weighted by Gasteiger charge is 2.47. The van der Waals surface area contributed by atoms with E-state index in [0.717, 1.165) is 0 Å². The van der Waals surface area contributed by atoms with Gasteiger partial charge in [0.1, 0.15) is 11.5 Å². The lowest BCUT2D eigenvalue weighted by molar-refractivity contribution is -0.132. The second kappa shape index (κ2) is 7.59. The standard InChI is InChI=1S/C23H18N2O4/c1-29-18-11-9-15(10-12-18)20-19(21(26)16-6-3-2-4-7-16)22(27)23(28)25(20)17-8-5-13-24-14-17/h2-14,20,26H,1H3/b21-19+/t20-/m1/s1. The SMILES string of the molecule is COc1ccc([C@@H]2/C(=C(\O)c3ccccc3)C(=O)C(=O)N2c2cccnc2)cc1. The molecule has 6 heteroatoms. The number of ketones is 1. The Morgan fingerprint density at radius 2 is 1.72 bits per heavy atom. The highest BCUT2D eigenvalue weighted by molar-refractivity contribution is 6.51. The number of aromatic nitrogens is 1. The minimum Gasteiger partial charge on any atom is -0.507 e. The molecule has 1 aliphatic heterocycles. The number of hydrogen-bond donors (Lipinski definition) is 1. The van der Waals surface area contributed by atoms with Crippen molar-refractivity contribution in [3.8, 4) is 5.75 Å². The van der Waals surface area contributed by atoms with E-state index in [1.54, 1.807) is 74.0 Å². The van der Waals surface area contributed by atoms with Crippen LogP contribution in [0.1, 0.15) is 17.2 Å². The van der Waals surface area contributed by atoms with Crippen molar-refractivity contribution in [2.45, 2.75) is 6.04 Å². The normalized spacial score (nSPS) is 18.1. The van der Waals surface area contributed by atoms with Crippen molar-refractivity contribution < 1.29 is 19.4 Å². The van der Waals surface area contributed by atoms with Crippen LogP contribution in [-0.2, 0) is 9.59 Å². The van der Waals surface area contributed by atoms with Crippen molar-refractivity contribution in [1.29, 1.82) is 0 Å². The molecule has 0 radical (unpaired) electrons. The van der Waals surface area contributed by atoms with Gasteiger partial charge in [-0.25, -0.2) is 0 Å². The van der Waals surface area contributed by atoms with Crippen LogP contribution in [0.3, 0.4) is 0 Å². The zero-order valence-electron chi connectivity index (χ0n) is 15.6. The lowest BCUT2D eigenvalue weighted by Gasteiger charge is -2.25. The summed E-state index contributed by atoms with van der Waals surface area (Å²) in [6.07, 6.45) is 3.11. The summed E-state index contributed by atoms with van der Waals surface area (Å²) in [5.74, 6) is -1.02. The number of aliphatic hydroxyl groups is 1. The minimum absolute atomic E-state index is 0.0372. The van der Waals surface area contributed by atoms with Crippen molar-refractivity contribution in [2.75, 3.05) is 12.0 Å². The molecule has 0 spiro atoms. The third kappa shape index (κ3) is 3.25. The molecule has 1 amide bonds. The van der Waals surface area contributed by atoms with Crippen molar-refractivity contribution >= 4 is 23.1 Å². The second-order valence-corrected chi connectivity index (χ2v) is 6.52. The van der Waals surface area contributed by atoms with Crippen LogP contribution in [0.5, 0.6) is 5.75 Å². The Bertz CT molecular complexity index is 1080. The maximum absolute atomic E-state index is 13.0. The average molecular weight is 386 g/mol. The molecule has 1 saturated heterocycles. The van der Waals surface area contributed by atoms with Gasteiger partial charge in [0, 0.05) is 11.8 Å². The average Bonchev–Trinajstić information content (AvgIpc) is 3.05. The lowest BCUT2D eigenvalue weighted by Crippen LogP contribution is -2.29. The fraction of sp³-hybridized carbons (Fsp3) is 0.0870. The van der Waals surface area contributed by atoms with Crippen LogP contribution in [-0.4, -0.2) is 28.9 Å². The summed E-state index contributed by atoms with van der Waals surface area (Å²) in [6.45, 7) is 0. The molecule has 29 heavy (non-hydrogen) atoms. The van der Waals surface area contributed by atoms with E-state index in [0.29, 0.717) is 22.6 Å². The summed E-state index contributed by atoms with van der Waals surface area (Å²) in [6, 6.07) is 18.4. The molecule has 1 atom stereocenters. The van der Waals surface area contributed by atoms with Crippen LogP contribution < -0.4 is 9.64 Å². The number of pyridine rings is 1. The Morgan fingerprint density at radius 1 is 1.00 bits per heavy atom. The number of aliphatic hydroxyl groups excluding tert-OH is 1. The number of carbonyl (C=O) groups is 2. The number of nitrogens with zero attached hydrogens (tertiary/aromatic N) is 2. The van der Waals surface area contributed by atoms with E-state index in [9.17, 15) is 14.7 Å². The van der Waals surface area contributed by atoms with Gasteiger partial charge in [-0.2, -0.15) is 0 Å². The maximum Gasteiger partial charge on any atom is 0.300 e. The van der Waals surface area contributed by atoms with E-state index >= 15 is 0 Å². The number of anilines is 1. The molecule has 144 valence electrons. The Morgan fingerprint density at radius 3 is 2.34 bits per heavy atom. The van der Waals surface area contributed by atoms with Crippen molar-refractivity contribution in [2.24, 2.45) is 0 Å². The van der Waals surface area contributed by atoms with Crippen LogP contribution in [0, 0.1) is 0 Å². The number of Topliss-reactive ketones (excluding diaryl/α,β-unsaturated/α-hetero) is 1. The zero-order chi connectivity index (χ0) is 20.4. The van der Waals surface area contributed by atoms with Gasteiger partial charge in [-0.15, -0.1) is 0 Å². The van der Waals surface area contributed by atoms with Crippen LogP contribution in [0.25, 0.3) is 5.76 Å². The summed E-state index contributed by atoms with van der Waals surface area (Å²) in [4.78, 5) is 31.3.